The van der Waals surface area contributed by atoms with E-state index in [9.17, 15) is 9.59 Å². The first-order valence-electron chi connectivity index (χ1n) is 8.81. The zero-order valence-corrected chi connectivity index (χ0v) is 17.2. The summed E-state index contributed by atoms with van der Waals surface area (Å²) in [5.41, 5.74) is 3.13. The molecule has 1 aliphatic heterocycles. The van der Waals surface area contributed by atoms with Gasteiger partial charge in [-0.15, -0.1) is 0 Å². The number of nitrogens with zero attached hydrogens (tertiary/aromatic N) is 1. The first kappa shape index (κ1) is 19.9. The third-order valence-corrected chi connectivity index (χ3v) is 5.03. The third-order valence-electron chi connectivity index (χ3n) is 4.34. The van der Waals surface area contributed by atoms with Gasteiger partial charge >= 0.3 is 5.97 Å². The van der Waals surface area contributed by atoms with E-state index in [1.165, 1.54) is 7.11 Å². The van der Waals surface area contributed by atoms with Crippen LogP contribution in [0.2, 0.25) is 0 Å². The number of aliphatic carboxylic acids is 1. The molecule has 0 radical (unpaired) electrons. The molecule has 0 aliphatic carbocycles. The number of hydrogen-bond donors (Lipinski definition) is 1. The van der Waals surface area contributed by atoms with Crippen molar-refractivity contribution >= 4 is 45.1 Å². The first-order chi connectivity index (χ1) is 13.5. The minimum absolute atomic E-state index is 0.0416. The van der Waals surface area contributed by atoms with Gasteiger partial charge in [-0.2, -0.15) is 0 Å². The van der Waals surface area contributed by atoms with Crippen LogP contribution in [0.5, 0.6) is 11.5 Å². The fourth-order valence-corrected chi connectivity index (χ4v) is 3.56. The highest BCUT2D eigenvalue weighted by molar-refractivity contribution is 9.10. The van der Waals surface area contributed by atoms with Gasteiger partial charge in [0.2, 0.25) is 0 Å². The Morgan fingerprint density at radius 3 is 2.68 bits per heavy atom. The van der Waals surface area contributed by atoms with Crippen molar-refractivity contribution in [2.24, 2.45) is 0 Å². The summed E-state index contributed by atoms with van der Waals surface area (Å²) in [6.07, 6.45) is 2.67. The topological polar surface area (TPSA) is 76.1 Å². The van der Waals surface area contributed by atoms with Gasteiger partial charge in [0.1, 0.15) is 0 Å². The lowest BCUT2D eigenvalue weighted by Gasteiger charge is -2.15. The van der Waals surface area contributed by atoms with Crippen molar-refractivity contribution in [3.05, 3.63) is 52.0 Å². The Labute approximate surface area is 171 Å². The number of rotatable bonds is 7. The molecule has 1 amide bonds. The molecule has 3 rings (SSSR count). The van der Waals surface area contributed by atoms with Crippen LogP contribution in [0.15, 0.2) is 40.9 Å². The molecular weight excluding hydrogens is 426 g/mol. The largest absolute Gasteiger partial charge is 0.493 e. The number of para-hydroxylation sites is 1. The summed E-state index contributed by atoms with van der Waals surface area (Å²) in [6, 6.07) is 11.1. The van der Waals surface area contributed by atoms with Gasteiger partial charge in [0.15, 0.2) is 18.1 Å². The standard InChI is InChI=1S/C21H20BrNO5/c1-3-8-23-17-7-5-4-6-14(17)15(21(23)26)9-13-10-18(27-2)19(11-16(13)22)28-12-20(24)25/h4-7,9-11H,3,8,12H2,1-2H3,(H,24,25)/b15-9-. The average molecular weight is 446 g/mol. The number of halogens is 1. The van der Waals surface area contributed by atoms with Crippen LogP contribution in [0, 0.1) is 0 Å². The smallest absolute Gasteiger partial charge is 0.341 e. The number of carbonyl (C=O) groups is 2. The lowest BCUT2D eigenvalue weighted by Crippen LogP contribution is -2.26. The van der Waals surface area contributed by atoms with E-state index in [1.54, 1.807) is 17.0 Å². The highest BCUT2D eigenvalue weighted by atomic mass is 79.9. The van der Waals surface area contributed by atoms with Gasteiger partial charge in [0.05, 0.1) is 12.8 Å². The molecule has 2 aromatic carbocycles. The molecule has 0 unspecified atom stereocenters. The number of ether oxygens (including phenoxy) is 2. The maximum atomic E-state index is 13.0. The summed E-state index contributed by atoms with van der Waals surface area (Å²) in [4.78, 5) is 25.5. The van der Waals surface area contributed by atoms with Crippen LogP contribution in [0.1, 0.15) is 24.5 Å². The van der Waals surface area contributed by atoms with Crippen molar-refractivity contribution < 1.29 is 24.2 Å². The van der Waals surface area contributed by atoms with E-state index in [1.807, 2.05) is 37.3 Å². The molecule has 1 heterocycles. The molecule has 0 atom stereocenters. The lowest BCUT2D eigenvalue weighted by atomic mass is 10.0. The Morgan fingerprint density at radius 2 is 2.00 bits per heavy atom. The summed E-state index contributed by atoms with van der Waals surface area (Å²) in [6.45, 7) is 2.22. The van der Waals surface area contributed by atoms with Crippen LogP contribution in [-0.2, 0) is 9.59 Å². The van der Waals surface area contributed by atoms with Gasteiger partial charge in [-0.25, -0.2) is 4.79 Å². The minimum Gasteiger partial charge on any atom is -0.493 e. The SMILES string of the molecule is CCCN1C(=O)/C(=C\c2cc(OC)c(OCC(=O)O)cc2Br)c2ccccc21. The molecule has 0 saturated carbocycles. The summed E-state index contributed by atoms with van der Waals surface area (Å²) in [5, 5.41) is 8.81. The van der Waals surface area contributed by atoms with Crippen molar-refractivity contribution in [3.8, 4) is 11.5 Å². The number of carbonyl (C=O) groups excluding carboxylic acids is 1. The van der Waals surface area contributed by atoms with Crippen molar-refractivity contribution in [2.75, 3.05) is 25.2 Å². The van der Waals surface area contributed by atoms with E-state index < -0.39 is 12.6 Å². The number of carboxylic acids is 1. The average Bonchev–Trinajstić information content (AvgIpc) is 2.94. The van der Waals surface area contributed by atoms with Gasteiger partial charge < -0.3 is 19.5 Å². The monoisotopic (exact) mass is 445 g/mol. The Balaban J connectivity index is 2.03. The highest BCUT2D eigenvalue weighted by Crippen LogP contribution is 2.40. The van der Waals surface area contributed by atoms with E-state index in [0.29, 0.717) is 28.1 Å². The molecule has 6 nitrogen and oxygen atoms in total. The molecule has 146 valence electrons. The molecule has 0 aromatic heterocycles. The minimum atomic E-state index is -1.08. The molecule has 0 bridgehead atoms. The Kier molecular flexibility index (Phi) is 6.04. The van der Waals surface area contributed by atoms with Crippen LogP contribution < -0.4 is 14.4 Å². The maximum absolute atomic E-state index is 13.0. The van der Waals surface area contributed by atoms with Crippen molar-refractivity contribution in [1.29, 1.82) is 0 Å². The lowest BCUT2D eigenvalue weighted by molar-refractivity contribution is -0.139. The van der Waals surface area contributed by atoms with Crippen LogP contribution >= 0.6 is 15.9 Å². The van der Waals surface area contributed by atoms with E-state index >= 15 is 0 Å². The van der Waals surface area contributed by atoms with Crippen molar-refractivity contribution in [1.82, 2.24) is 0 Å². The van der Waals surface area contributed by atoms with Gasteiger partial charge in [-0.1, -0.05) is 41.1 Å². The number of benzene rings is 2. The molecule has 7 heteroatoms. The molecular formula is C21H20BrNO5. The van der Waals surface area contributed by atoms with Crippen LogP contribution in [0.4, 0.5) is 5.69 Å². The molecule has 2 aromatic rings. The molecule has 1 aliphatic rings. The number of carboxylic acid groups (broad SMARTS) is 1. The van der Waals surface area contributed by atoms with E-state index in [4.69, 9.17) is 14.6 Å². The molecule has 1 N–H and O–H groups in total. The van der Waals surface area contributed by atoms with Crippen LogP contribution in [0.25, 0.3) is 11.6 Å². The fraction of sp³-hybridized carbons (Fsp3) is 0.238. The zero-order valence-electron chi connectivity index (χ0n) is 15.6. The zero-order chi connectivity index (χ0) is 20.3. The number of anilines is 1. The van der Waals surface area contributed by atoms with Gasteiger partial charge in [-0.05, 0) is 36.3 Å². The Hall–Kier alpha value is -2.80. The van der Waals surface area contributed by atoms with Crippen molar-refractivity contribution in [2.45, 2.75) is 13.3 Å². The normalized spacial score (nSPS) is 14.3. The molecule has 28 heavy (non-hydrogen) atoms. The van der Waals surface area contributed by atoms with Gasteiger partial charge in [0, 0.05) is 22.2 Å². The van der Waals surface area contributed by atoms with E-state index in [0.717, 1.165) is 23.2 Å². The van der Waals surface area contributed by atoms with E-state index in [-0.39, 0.29) is 5.91 Å². The second-order valence-corrected chi connectivity index (χ2v) is 7.09. The summed E-state index contributed by atoms with van der Waals surface area (Å²) in [7, 11) is 1.48. The molecule has 0 spiro atoms. The van der Waals surface area contributed by atoms with Crippen LogP contribution in [-0.4, -0.2) is 37.2 Å². The summed E-state index contributed by atoms with van der Waals surface area (Å²) < 4.78 is 11.3. The maximum Gasteiger partial charge on any atom is 0.341 e. The van der Waals surface area contributed by atoms with Crippen molar-refractivity contribution in [3.63, 3.8) is 0 Å². The van der Waals surface area contributed by atoms with E-state index in [2.05, 4.69) is 15.9 Å². The number of amides is 1. The quantitative estimate of drug-likeness (QED) is 0.645. The fourth-order valence-electron chi connectivity index (χ4n) is 3.12. The number of methoxy groups -OCH3 is 1. The summed E-state index contributed by atoms with van der Waals surface area (Å²) >= 11 is 3.48. The highest BCUT2D eigenvalue weighted by Gasteiger charge is 2.31. The van der Waals surface area contributed by atoms with Crippen LogP contribution in [0.3, 0.4) is 0 Å². The number of fused-ring (bicyclic) bond motifs is 1. The number of hydrogen-bond acceptors (Lipinski definition) is 4. The second kappa shape index (κ2) is 8.48. The Bertz CT molecular complexity index is 954. The molecule has 0 saturated heterocycles. The Morgan fingerprint density at radius 1 is 1.25 bits per heavy atom. The predicted octanol–water partition coefficient (Wildman–Crippen LogP) is 4.22. The second-order valence-electron chi connectivity index (χ2n) is 6.24. The first-order valence-corrected chi connectivity index (χ1v) is 9.60. The third kappa shape index (κ3) is 3.89. The summed E-state index contributed by atoms with van der Waals surface area (Å²) in [5.74, 6) is -0.418. The van der Waals surface area contributed by atoms with Gasteiger partial charge in [-0.3, -0.25) is 4.79 Å². The van der Waals surface area contributed by atoms with Gasteiger partial charge in [0.25, 0.3) is 5.91 Å². The molecule has 0 fully saturated rings. The predicted molar refractivity (Wildman–Crippen MR) is 111 cm³/mol.